The Hall–Kier alpha value is -1.67. The van der Waals surface area contributed by atoms with E-state index >= 15 is 0 Å². The van der Waals surface area contributed by atoms with E-state index in [-0.39, 0.29) is 5.75 Å². The maximum atomic E-state index is 12.4. The van der Waals surface area contributed by atoms with Gasteiger partial charge < -0.3 is 10.1 Å². The van der Waals surface area contributed by atoms with Crippen molar-refractivity contribution in [2.75, 3.05) is 7.05 Å². The van der Waals surface area contributed by atoms with E-state index in [1.54, 1.807) is 26.1 Å². The van der Waals surface area contributed by atoms with Crippen LogP contribution < -0.4 is 10.1 Å². The molecule has 108 valence electrons. The fourth-order valence-corrected chi connectivity index (χ4v) is 2.64. The lowest BCUT2D eigenvalue weighted by Crippen LogP contribution is -2.22. The Morgan fingerprint density at radius 2 is 2.00 bits per heavy atom. The van der Waals surface area contributed by atoms with Crippen molar-refractivity contribution in [1.29, 1.82) is 0 Å². The number of rotatable bonds is 4. The van der Waals surface area contributed by atoms with Gasteiger partial charge in [-0.1, -0.05) is 22.7 Å². The van der Waals surface area contributed by atoms with Crippen LogP contribution in [0.1, 0.15) is 22.2 Å². The first kappa shape index (κ1) is 14.7. The van der Waals surface area contributed by atoms with Crippen molar-refractivity contribution in [3.8, 4) is 5.75 Å². The highest BCUT2D eigenvalue weighted by Crippen LogP contribution is 2.35. The summed E-state index contributed by atoms with van der Waals surface area (Å²) < 4.78 is 45.2. The third-order valence-corrected chi connectivity index (χ3v) is 3.58. The zero-order valence-electron chi connectivity index (χ0n) is 10.7. The van der Waals surface area contributed by atoms with Crippen molar-refractivity contribution >= 4 is 11.5 Å². The van der Waals surface area contributed by atoms with Crippen LogP contribution in [0.5, 0.6) is 5.75 Å². The van der Waals surface area contributed by atoms with Gasteiger partial charge in [-0.2, -0.15) is 0 Å². The number of halogens is 3. The Labute approximate surface area is 117 Å². The summed E-state index contributed by atoms with van der Waals surface area (Å²) in [6.07, 6.45) is -4.73. The highest BCUT2D eigenvalue weighted by atomic mass is 32.1. The Kier molecular flexibility index (Phi) is 4.24. The predicted octanol–water partition coefficient (Wildman–Crippen LogP) is 3.05. The number of benzene rings is 1. The number of para-hydroxylation sites is 1. The molecule has 0 aliphatic rings. The van der Waals surface area contributed by atoms with Gasteiger partial charge in [0, 0.05) is 5.56 Å². The van der Waals surface area contributed by atoms with Gasteiger partial charge in [0.05, 0.1) is 16.6 Å². The van der Waals surface area contributed by atoms with Crippen molar-refractivity contribution in [1.82, 2.24) is 14.9 Å². The standard InChI is InChI=1S/C12H12F3N3OS/c1-7-11(20-18-17-7)10(16-2)8-5-3-4-6-9(8)19-12(13,14)15/h3-6,10,16H,1-2H3. The van der Waals surface area contributed by atoms with Crippen LogP contribution >= 0.6 is 11.5 Å². The van der Waals surface area contributed by atoms with Gasteiger partial charge in [-0.05, 0) is 31.6 Å². The lowest BCUT2D eigenvalue weighted by atomic mass is 10.0. The minimum atomic E-state index is -4.73. The first-order valence-electron chi connectivity index (χ1n) is 5.73. The second kappa shape index (κ2) is 5.76. The molecular formula is C12H12F3N3OS. The molecule has 4 nitrogen and oxygen atoms in total. The SMILES string of the molecule is CNC(c1ccccc1OC(F)(F)F)c1snnc1C. The van der Waals surface area contributed by atoms with E-state index in [9.17, 15) is 13.2 Å². The second-order valence-corrected chi connectivity index (χ2v) is 4.82. The van der Waals surface area contributed by atoms with E-state index < -0.39 is 12.4 Å². The third-order valence-electron chi connectivity index (χ3n) is 2.69. The monoisotopic (exact) mass is 303 g/mol. The van der Waals surface area contributed by atoms with Crippen molar-refractivity contribution in [2.24, 2.45) is 0 Å². The molecule has 1 unspecified atom stereocenters. The van der Waals surface area contributed by atoms with E-state index in [1.165, 1.54) is 12.1 Å². The van der Waals surface area contributed by atoms with Crippen LogP contribution in [0.15, 0.2) is 24.3 Å². The van der Waals surface area contributed by atoms with Gasteiger partial charge in [-0.3, -0.25) is 0 Å². The minimum absolute atomic E-state index is 0.229. The maximum absolute atomic E-state index is 12.4. The molecule has 1 aromatic carbocycles. The summed E-state index contributed by atoms with van der Waals surface area (Å²) in [5, 5.41) is 6.85. The van der Waals surface area contributed by atoms with Crippen LogP contribution in [-0.2, 0) is 0 Å². The van der Waals surface area contributed by atoms with E-state index in [1.807, 2.05) is 0 Å². The molecule has 0 aliphatic carbocycles. The number of ether oxygens (including phenoxy) is 1. The summed E-state index contributed by atoms with van der Waals surface area (Å²) in [5.41, 5.74) is 1.07. The molecule has 0 spiro atoms. The first-order chi connectivity index (χ1) is 9.42. The average molecular weight is 303 g/mol. The highest BCUT2D eigenvalue weighted by Gasteiger charge is 2.33. The van der Waals surface area contributed by atoms with Crippen LogP contribution in [0.3, 0.4) is 0 Å². The maximum Gasteiger partial charge on any atom is 0.573 e. The molecule has 8 heteroatoms. The predicted molar refractivity (Wildman–Crippen MR) is 68.7 cm³/mol. The average Bonchev–Trinajstić information content (AvgIpc) is 2.77. The normalized spacial score (nSPS) is 13.2. The van der Waals surface area contributed by atoms with Gasteiger partial charge >= 0.3 is 6.36 Å². The summed E-state index contributed by atoms with van der Waals surface area (Å²) in [7, 11) is 1.66. The largest absolute Gasteiger partial charge is 0.573 e. The number of nitrogens with one attached hydrogen (secondary N) is 1. The summed E-state index contributed by atoms with van der Waals surface area (Å²) in [4.78, 5) is 0.755. The number of aromatic nitrogens is 2. The first-order valence-corrected chi connectivity index (χ1v) is 6.50. The molecule has 0 aliphatic heterocycles. The van der Waals surface area contributed by atoms with Gasteiger partial charge in [0.25, 0.3) is 0 Å². The molecule has 0 saturated heterocycles. The number of hydrogen-bond donors (Lipinski definition) is 1. The van der Waals surface area contributed by atoms with E-state index in [2.05, 4.69) is 19.6 Å². The molecular weight excluding hydrogens is 291 g/mol. The van der Waals surface area contributed by atoms with Crippen molar-refractivity contribution in [2.45, 2.75) is 19.3 Å². The zero-order valence-corrected chi connectivity index (χ0v) is 11.5. The fraction of sp³-hybridized carbons (Fsp3) is 0.333. The zero-order chi connectivity index (χ0) is 14.8. The van der Waals surface area contributed by atoms with E-state index in [0.29, 0.717) is 11.3 Å². The highest BCUT2D eigenvalue weighted by molar-refractivity contribution is 7.05. The number of alkyl halides is 3. The molecule has 2 aromatic rings. The fourth-order valence-electron chi connectivity index (χ4n) is 1.87. The Bertz CT molecular complexity index is 585. The van der Waals surface area contributed by atoms with Crippen LogP contribution in [0.25, 0.3) is 0 Å². The molecule has 2 rings (SSSR count). The number of hydrogen-bond acceptors (Lipinski definition) is 5. The van der Waals surface area contributed by atoms with Crippen LogP contribution in [0.2, 0.25) is 0 Å². The molecule has 20 heavy (non-hydrogen) atoms. The molecule has 1 atom stereocenters. The van der Waals surface area contributed by atoms with Gasteiger partial charge in [-0.15, -0.1) is 18.3 Å². The molecule has 0 fully saturated rings. The second-order valence-electron chi connectivity index (χ2n) is 4.03. The molecule has 1 heterocycles. The van der Waals surface area contributed by atoms with E-state index in [0.717, 1.165) is 16.4 Å². The van der Waals surface area contributed by atoms with E-state index in [4.69, 9.17) is 0 Å². The Morgan fingerprint density at radius 1 is 1.30 bits per heavy atom. The molecule has 1 N–H and O–H groups in total. The van der Waals surface area contributed by atoms with Gasteiger partial charge in [0.2, 0.25) is 0 Å². The molecule has 0 radical (unpaired) electrons. The summed E-state index contributed by atoms with van der Waals surface area (Å²) >= 11 is 1.14. The van der Waals surface area contributed by atoms with Crippen LogP contribution in [0.4, 0.5) is 13.2 Å². The quantitative estimate of drug-likeness (QED) is 0.943. The molecule has 0 bridgehead atoms. The Morgan fingerprint density at radius 3 is 2.55 bits per heavy atom. The molecule has 1 aromatic heterocycles. The Balaban J connectivity index is 2.43. The smallest absolute Gasteiger partial charge is 0.405 e. The van der Waals surface area contributed by atoms with Gasteiger partial charge in [-0.25, -0.2) is 0 Å². The number of nitrogens with zero attached hydrogens (tertiary/aromatic N) is 2. The molecule has 0 saturated carbocycles. The lowest BCUT2D eigenvalue weighted by Gasteiger charge is -2.19. The summed E-state index contributed by atoms with van der Waals surface area (Å²) in [5.74, 6) is -0.229. The minimum Gasteiger partial charge on any atom is -0.405 e. The van der Waals surface area contributed by atoms with Crippen molar-refractivity contribution in [3.05, 3.63) is 40.4 Å². The topological polar surface area (TPSA) is 47.0 Å². The van der Waals surface area contributed by atoms with Crippen molar-refractivity contribution in [3.63, 3.8) is 0 Å². The summed E-state index contributed by atoms with van der Waals surface area (Å²) in [6, 6.07) is 5.58. The van der Waals surface area contributed by atoms with Gasteiger partial charge in [0.15, 0.2) is 0 Å². The van der Waals surface area contributed by atoms with Gasteiger partial charge in [0.1, 0.15) is 5.75 Å². The third kappa shape index (κ3) is 3.26. The van der Waals surface area contributed by atoms with Crippen LogP contribution in [-0.4, -0.2) is 23.0 Å². The number of aryl methyl sites for hydroxylation is 1. The van der Waals surface area contributed by atoms with Crippen molar-refractivity contribution < 1.29 is 17.9 Å². The van der Waals surface area contributed by atoms with Crippen LogP contribution in [0, 0.1) is 6.92 Å². The lowest BCUT2D eigenvalue weighted by molar-refractivity contribution is -0.274. The molecule has 0 amide bonds. The summed E-state index contributed by atoms with van der Waals surface area (Å²) in [6.45, 7) is 1.76.